The third-order valence-electron chi connectivity index (χ3n) is 6.93. The number of carbonyl (C=O) groups is 2. The number of amides is 1. The lowest BCUT2D eigenvalue weighted by Gasteiger charge is -2.26. The first-order valence-electron chi connectivity index (χ1n) is 12.6. The first kappa shape index (κ1) is 24.6. The summed E-state index contributed by atoms with van der Waals surface area (Å²) in [4.78, 5) is 28.5. The van der Waals surface area contributed by atoms with Gasteiger partial charge in [0.15, 0.2) is 0 Å². The summed E-state index contributed by atoms with van der Waals surface area (Å²) in [5.74, 6) is -0.201. The van der Waals surface area contributed by atoms with Crippen molar-refractivity contribution >= 4 is 23.1 Å². The SMILES string of the molecule is Cc1ccc(N2C(=O)C(=O)/C(=C(\O)c3ccc4c(c3)CC(C)O4)C2c2cccc(OC(C)C)c2)cc1C. The Hall–Kier alpha value is -4.06. The average Bonchev–Trinajstić information content (AvgIpc) is 3.35. The molecule has 3 aromatic rings. The van der Waals surface area contributed by atoms with Crippen LogP contribution >= 0.6 is 0 Å². The quantitative estimate of drug-likeness (QED) is 0.264. The highest BCUT2D eigenvalue weighted by Crippen LogP contribution is 2.44. The largest absolute Gasteiger partial charge is 0.507 e. The van der Waals surface area contributed by atoms with Crippen LogP contribution in [0.2, 0.25) is 0 Å². The number of rotatable bonds is 5. The maximum Gasteiger partial charge on any atom is 0.300 e. The number of fused-ring (bicyclic) bond motifs is 1. The predicted molar refractivity (Wildman–Crippen MR) is 143 cm³/mol. The van der Waals surface area contributed by atoms with Gasteiger partial charge in [-0.1, -0.05) is 18.2 Å². The summed E-state index contributed by atoms with van der Waals surface area (Å²) in [6.45, 7) is 9.82. The molecule has 2 atom stereocenters. The number of hydrogen-bond acceptors (Lipinski definition) is 5. The highest BCUT2D eigenvalue weighted by molar-refractivity contribution is 6.51. The lowest BCUT2D eigenvalue weighted by atomic mass is 9.94. The molecule has 0 aliphatic carbocycles. The Morgan fingerprint density at radius 1 is 1.03 bits per heavy atom. The molecular formula is C31H31NO5. The molecule has 2 heterocycles. The number of Topliss-reactive ketones (excluding diaryl/α,β-unsaturated/α-hetero) is 1. The molecule has 0 saturated carbocycles. The van der Waals surface area contributed by atoms with Crippen molar-refractivity contribution in [2.75, 3.05) is 4.90 Å². The van der Waals surface area contributed by atoms with Gasteiger partial charge in [-0.05, 0) is 99.3 Å². The normalized spacial score (nSPS) is 20.3. The molecule has 2 unspecified atom stereocenters. The molecule has 6 nitrogen and oxygen atoms in total. The van der Waals surface area contributed by atoms with Crippen molar-refractivity contribution in [2.45, 2.75) is 59.3 Å². The van der Waals surface area contributed by atoms with Crippen LogP contribution in [0.1, 0.15) is 54.6 Å². The molecule has 0 radical (unpaired) electrons. The van der Waals surface area contributed by atoms with E-state index in [-0.39, 0.29) is 23.5 Å². The average molecular weight is 498 g/mol. The molecule has 1 N–H and O–H groups in total. The molecule has 0 spiro atoms. The van der Waals surface area contributed by atoms with Crippen LogP contribution in [-0.4, -0.2) is 29.0 Å². The van der Waals surface area contributed by atoms with Crippen LogP contribution < -0.4 is 14.4 Å². The van der Waals surface area contributed by atoms with Gasteiger partial charge in [-0.3, -0.25) is 14.5 Å². The molecule has 0 aromatic heterocycles. The highest BCUT2D eigenvalue weighted by Gasteiger charge is 2.47. The summed E-state index contributed by atoms with van der Waals surface area (Å²) >= 11 is 0. The van der Waals surface area contributed by atoms with Gasteiger partial charge >= 0.3 is 0 Å². The number of nitrogens with zero attached hydrogens (tertiary/aromatic N) is 1. The zero-order chi connectivity index (χ0) is 26.4. The summed E-state index contributed by atoms with van der Waals surface area (Å²) in [7, 11) is 0. The Labute approximate surface area is 217 Å². The van der Waals surface area contributed by atoms with E-state index in [9.17, 15) is 14.7 Å². The third-order valence-corrected chi connectivity index (χ3v) is 6.93. The van der Waals surface area contributed by atoms with E-state index >= 15 is 0 Å². The van der Waals surface area contributed by atoms with Gasteiger partial charge in [0.2, 0.25) is 0 Å². The number of aryl methyl sites for hydroxylation is 2. The molecule has 3 aromatic carbocycles. The molecule has 6 heteroatoms. The number of ketones is 1. The number of aliphatic hydroxyl groups is 1. The van der Waals surface area contributed by atoms with Gasteiger partial charge in [-0.25, -0.2) is 0 Å². The fourth-order valence-electron chi connectivity index (χ4n) is 5.04. The van der Waals surface area contributed by atoms with Crippen LogP contribution in [-0.2, 0) is 16.0 Å². The van der Waals surface area contributed by atoms with Gasteiger partial charge in [-0.2, -0.15) is 0 Å². The number of aliphatic hydroxyl groups excluding tert-OH is 1. The Morgan fingerprint density at radius 2 is 1.81 bits per heavy atom. The molecule has 190 valence electrons. The maximum atomic E-state index is 13.5. The molecule has 37 heavy (non-hydrogen) atoms. The van der Waals surface area contributed by atoms with Crippen LogP contribution in [0.4, 0.5) is 5.69 Å². The minimum atomic E-state index is -0.818. The van der Waals surface area contributed by atoms with Crippen LogP contribution in [0.25, 0.3) is 5.76 Å². The third kappa shape index (κ3) is 4.48. The lowest BCUT2D eigenvalue weighted by Crippen LogP contribution is -2.29. The Balaban J connectivity index is 1.69. The van der Waals surface area contributed by atoms with Crippen molar-refractivity contribution in [3.63, 3.8) is 0 Å². The highest BCUT2D eigenvalue weighted by atomic mass is 16.5. The van der Waals surface area contributed by atoms with Crippen molar-refractivity contribution in [3.05, 3.63) is 94.1 Å². The summed E-state index contributed by atoms with van der Waals surface area (Å²) in [5, 5.41) is 11.5. The molecular weight excluding hydrogens is 466 g/mol. The molecule has 1 fully saturated rings. The van der Waals surface area contributed by atoms with Gasteiger partial charge in [0.05, 0.1) is 17.7 Å². The lowest BCUT2D eigenvalue weighted by molar-refractivity contribution is -0.132. The predicted octanol–water partition coefficient (Wildman–Crippen LogP) is 6.04. The van der Waals surface area contributed by atoms with E-state index in [2.05, 4.69) is 0 Å². The number of carbonyl (C=O) groups excluding carboxylic acids is 2. The maximum absolute atomic E-state index is 13.5. The zero-order valence-corrected chi connectivity index (χ0v) is 21.7. The molecule has 1 saturated heterocycles. The van der Waals surface area contributed by atoms with Crippen molar-refractivity contribution in [1.29, 1.82) is 0 Å². The zero-order valence-electron chi connectivity index (χ0n) is 21.7. The van der Waals surface area contributed by atoms with E-state index in [1.165, 1.54) is 4.90 Å². The molecule has 1 amide bonds. The van der Waals surface area contributed by atoms with Gasteiger partial charge in [-0.15, -0.1) is 0 Å². The first-order chi connectivity index (χ1) is 17.6. The van der Waals surface area contributed by atoms with E-state index in [0.29, 0.717) is 29.0 Å². The van der Waals surface area contributed by atoms with Crippen LogP contribution in [0, 0.1) is 13.8 Å². The summed E-state index contributed by atoms with van der Waals surface area (Å²) in [6, 6.07) is 17.6. The van der Waals surface area contributed by atoms with E-state index in [1.807, 2.05) is 83.1 Å². The van der Waals surface area contributed by atoms with Crippen LogP contribution in [0.3, 0.4) is 0 Å². The van der Waals surface area contributed by atoms with Gasteiger partial charge in [0.25, 0.3) is 11.7 Å². The monoisotopic (exact) mass is 497 g/mol. The van der Waals surface area contributed by atoms with E-state index in [0.717, 1.165) is 22.4 Å². The van der Waals surface area contributed by atoms with Gasteiger partial charge in [0, 0.05) is 17.7 Å². The Morgan fingerprint density at radius 3 is 2.54 bits per heavy atom. The molecule has 5 rings (SSSR count). The molecule has 2 aliphatic heterocycles. The number of anilines is 1. The minimum absolute atomic E-state index is 0.0441. The second-order valence-corrected chi connectivity index (χ2v) is 10.1. The van der Waals surface area contributed by atoms with Crippen molar-refractivity contribution in [1.82, 2.24) is 0 Å². The topological polar surface area (TPSA) is 76.1 Å². The fourth-order valence-corrected chi connectivity index (χ4v) is 5.04. The molecule has 2 aliphatic rings. The van der Waals surface area contributed by atoms with Gasteiger partial charge < -0.3 is 14.6 Å². The second-order valence-electron chi connectivity index (χ2n) is 10.1. The van der Waals surface area contributed by atoms with Crippen molar-refractivity contribution in [3.8, 4) is 11.5 Å². The first-order valence-corrected chi connectivity index (χ1v) is 12.6. The van der Waals surface area contributed by atoms with E-state index < -0.39 is 17.7 Å². The Kier molecular flexibility index (Phi) is 6.28. The summed E-state index contributed by atoms with van der Waals surface area (Å²) in [6.07, 6.45) is 0.717. The minimum Gasteiger partial charge on any atom is -0.507 e. The number of hydrogen-bond donors (Lipinski definition) is 1. The smallest absolute Gasteiger partial charge is 0.300 e. The van der Waals surface area contributed by atoms with E-state index in [1.54, 1.807) is 12.1 Å². The summed E-state index contributed by atoms with van der Waals surface area (Å²) < 4.78 is 11.7. The van der Waals surface area contributed by atoms with Gasteiger partial charge in [0.1, 0.15) is 23.4 Å². The second kappa shape index (κ2) is 9.43. The Bertz CT molecular complexity index is 1440. The summed E-state index contributed by atoms with van der Waals surface area (Å²) in [5.41, 5.74) is 4.85. The van der Waals surface area contributed by atoms with Crippen LogP contribution in [0.15, 0.2) is 66.2 Å². The molecule has 0 bridgehead atoms. The van der Waals surface area contributed by atoms with E-state index in [4.69, 9.17) is 9.47 Å². The number of ether oxygens (including phenoxy) is 2. The van der Waals surface area contributed by atoms with Crippen molar-refractivity contribution < 1.29 is 24.2 Å². The van der Waals surface area contributed by atoms with Crippen molar-refractivity contribution in [2.24, 2.45) is 0 Å². The fraction of sp³-hybridized carbons (Fsp3) is 0.290. The van der Waals surface area contributed by atoms with Crippen LogP contribution in [0.5, 0.6) is 11.5 Å². The standard InChI is InChI=1S/C31H31NO5/c1-17(2)36-25-8-6-7-21(16-25)28-27(29(33)22-10-12-26-23(15-22)14-20(5)37-26)30(34)31(35)32(28)24-11-9-18(3)19(4)13-24/h6-13,15-17,20,28,33H,14H2,1-5H3/b29-27-. The number of benzene rings is 3.